The summed E-state index contributed by atoms with van der Waals surface area (Å²) in [5, 5.41) is 13.5. The zero-order valence-corrected chi connectivity index (χ0v) is 17.0. The molecule has 0 radical (unpaired) electrons. The van der Waals surface area contributed by atoms with Crippen molar-refractivity contribution in [2.24, 2.45) is 0 Å². The lowest BCUT2D eigenvalue weighted by molar-refractivity contribution is -0.383. The van der Waals surface area contributed by atoms with Crippen LogP contribution in [0.4, 0.5) is 11.4 Å². The SMILES string of the molecule is CCCOc1ccc(C(=O)O[C@H](C)C(=O)Nc2ccccc2[N+](=O)[O-])cc1OCC. The molecule has 2 aromatic rings. The minimum atomic E-state index is -1.18. The van der Waals surface area contributed by atoms with E-state index in [1.807, 2.05) is 13.8 Å². The van der Waals surface area contributed by atoms with Crippen LogP contribution in [-0.4, -0.2) is 36.1 Å². The second kappa shape index (κ2) is 10.8. The summed E-state index contributed by atoms with van der Waals surface area (Å²) >= 11 is 0. The number of esters is 1. The summed E-state index contributed by atoms with van der Waals surface area (Å²) < 4.78 is 16.3. The van der Waals surface area contributed by atoms with Crippen LogP contribution in [0.2, 0.25) is 0 Å². The number of nitrogens with zero attached hydrogens (tertiary/aromatic N) is 1. The quantitative estimate of drug-likeness (QED) is 0.354. The Balaban J connectivity index is 2.08. The van der Waals surface area contributed by atoms with E-state index in [2.05, 4.69) is 5.32 Å². The molecule has 9 heteroatoms. The molecule has 0 aliphatic rings. The monoisotopic (exact) mass is 416 g/mol. The fourth-order valence-electron chi connectivity index (χ4n) is 2.49. The summed E-state index contributed by atoms with van der Waals surface area (Å²) in [5.74, 6) is -0.511. The molecule has 0 heterocycles. The van der Waals surface area contributed by atoms with E-state index in [1.54, 1.807) is 12.1 Å². The van der Waals surface area contributed by atoms with E-state index in [1.165, 1.54) is 37.3 Å². The first-order valence-electron chi connectivity index (χ1n) is 9.52. The number of ether oxygens (including phenoxy) is 3. The maximum atomic E-state index is 12.5. The molecule has 0 aromatic heterocycles. The average Bonchev–Trinajstić information content (AvgIpc) is 2.73. The Morgan fingerprint density at radius 2 is 1.83 bits per heavy atom. The summed E-state index contributed by atoms with van der Waals surface area (Å²) in [6.45, 7) is 6.05. The number of anilines is 1. The smallest absolute Gasteiger partial charge is 0.339 e. The summed E-state index contributed by atoms with van der Waals surface area (Å²) in [7, 11) is 0. The molecular formula is C21H24N2O7. The Morgan fingerprint density at radius 1 is 1.10 bits per heavy atom. The van der Waals surface area contributed by atoms with Gasteiger partial charge in [0.05, 0.1) is 23.7 Å². The van der Waals surface area contributed by atoms with Crippen LogP contribution < -0.4 is 14.8 Å². The molecule has 1 atom stereocenters. The molecule has 1 amide bonds. The van der Waals surface area contributed by atoms with Crippen LogP contribution in [0.3, 0.4) is 0 Å². The summed E-state index contributed by atoms with van der Waals surface area (Å²) in [6.07, 6.45) is -0.356. The molecule has 0 bridgehead atoms. The lowest BCUT2D eigenvalue weighted by atomic mass is 10.2. The fourth-order valence-corrected chi connectivity index (χ4v) is 2.49. The van der Waals surface area contributed by atoms with Crippen molar-refractivity contribution in [1.82, 2.24) is 0 Å². The predicted molar refractivity (Wildman–Crippen MR) is 110 cm³/mol. The zero-order valence-electron chi connectivity index (χ0n) is 17.0. The number of nitrogens with one attached hydrogen (secondary N) is 1. The first kappa shape index (κ1) is 22.7. The van der Waals surface area contributed by atoms with Crippen molar-refractivity contribution in [3.05, 3.63) is 58.1 Å². The van der Waals surface area contributed by atoms with Gasteiger partial charge in [-0.2, -0.15) is 0 Å². The first-order chi connectivity index (χ1) is 14.4. The van der Waals surface area contributed by atoms with Crippen LogP contribution >= 0.6 is 0 Å². The number of nitro groups is 1. The van der Waals surface area contributed by atoms with E-state index in [4.69, 9.17) is 14.2 Å². The van der Waals surface area contributed by atoms with E-state index in [0.717, 1.165) is 6.42 Å². The van der Waals surface area contributed by atoms with E-state index in [9.17, 15) is 19.7 Å². The molecule has 0 aliphatic carbocycles. The molecule has 160 valence electrons. The third kappa shape index (κ3) is 5.94. The highest BCUT2D eigenvalue weighted by atomic mass is 16.6. The Labute approximate surface area is 174 Å². The number of hydrogen-bond donors (Lipinski definition) is 1. The summed E-state index contributed by atoms with van der Waals surface area (Å²) in [5.41, 5.74) is -0.0486. The average molecular weight is 416 g/mol. The Kier molecular flexibility index (Phi) is 8.16. The van der Waals surface area contributed by atoms with Gasteiger partial charge in [-0.1, -0.05) is 19.1 Å². The largest absolute Gasteiger partial charge is 0.490 e. The molecule has 2 rings (SSSR count). The number of amides is 1. The minimum Gasteiger partial charge on any atom is -0.490 e. The van der Waals surface area contributed by atoms with Crippen molar-refractivity contribution >= 4 is 23.3 Å². The van der Waals surface area contributed by atoms with Gasteiger partial charge in [0, 0.05) is 6.07 Å². The number of para-hydroxylation sites is 2. The van der Waals surface area contributed by atoms with Crippen LogP contribution in [0.1, 0.15) is 37.6 Å². The highest BCUT2D eigenvalue weighted by Gasteiger charge is 2.23. The van der Waals surface area contributed by atoms with Gasteiger partial charge < -0.3 is 19.5 Å². The van der Waals surface area contributed by atoms with E-state index < -0.39 is 22.9 Å². The number of carbonyl (C=O) groups excluding carboxylic acids is 2. The van der Waals surface area contributed by atoms with E-state index >= 15 is 0 Å². The van der Waals surface area contributed by atoms with Gasteiger partial charge in [-0.25, -0.2) is 4.79 Å². The third-order valence-electron chi connectivity index (χ3n) is 3.95. The van der Waals surface area contributed by atoms with Crippen LogP contribution in [0.25, 0.3) is 0 Å². The van der Waals surface area contributed by atoms with E-state index in [0.29, 0.717) is 24.7 Å². The van der Waals surface area contributed by atoms with Crippen LogP contribution in [0, 0.1) is 10.1 Å². The molecule has 0 aliphatic heterocycles. The number of rotatable bonds is 10. The number of hydrogen-bond acceptors (Lipinski definition) is 7. The molecule has 0 saturated heterocycles. The first-order valence-corrected chi connectivity index (χ1v) is 9.52. The predicted octanol–water partition coefficient (Wildman–Crippen LogP) is 3.97. The molecule has 0 unspecified atom stereocenters. The highest BCUT2D eigenvalue weighted by molar-refractivity contribution is 5.98. The Bertz CT molecular complexity index is 914. The van der Waals surface area contributed by atoms with Crippen molar-refractivity contribution in [2.45, 2.75) is 33.3 Å². The summed E-state index contributed by atoms with van der Waals surface area (Å²) in [4.78, 5) is 35.3. The number of nitro benzene ring substituents is 1. The zero-order chi connectivity index (χ0) is 22.1. The van der Waals surface area contributed by atoms with Crippen molar-refractivity contribution in [2.75, 3.05) is 18.5 Å². The molecule has 0 fully saturated rings. The number of benzene rings is 2. The highest BCUT2D eigenvalue weighted by Crippen LogP contribution is 2.29. The van der Waals surface area contributed by atoms with Gasteiger partial charge >= 0.3 is 5.97 Å². The van der Waals surface area contributed by atoms with E-state index in [-0.39, 0.29) is 16.9 Å². The van der Waals surface area contributed by atoms with Crippen molar-refractivity contribution in [3.8, 4) is 11.5 Å². The maximum Gasteiger partial charge on any atom is 0.339 e. The molecule has 2 aromatic carbocycles. The van der Waals surface area contributed by atoms with Gasteiger partial charge in [-0.3, -0.25) is 14.9 Å². The van der Waals surface area contributed by atoms with Crippen LogP contribution in [0.5, 0.6) is 11.5 Å². The van der Waals surface area contributed by atoms with Crippen LogP contribution in [-0.2, 0) is 9.53 Å². The fraction of sp³-hybridized carbons (Fsp3) is 0.333. The normalized spacial score (nSPS) is 11.3. The van der Waals surface area contributed by atoms with Crippen LogP contribution in [0.15, 0.2) is 42.5 Å². The third-order valence-corrected chi connectivity index (χ3v) is 3.95. The maximum absolute atomic E-state index is 12.5. The van der Waals surface area contributed by atoms with Gasteiger partial charge in [0.1, 0.15) is 5.69 Å². The second-order valence-electron chi connectivity index (χ2n) is 6.25. The molecule has 30 heavy (non-hydrogen) atoms. The molecular weight excluding hydrogens is 392 g/mol. The molecule has 9 nitrogen and oxygen atoms in total. The topological polar surface area (TPSA) is 117 Å². The molecule has 0 spiro atoms. The minimum absolute atomic E-state index is 0.0199. The van der Waals surface area contributed by atoms with Gasteiger partial charge in [-0.15, -0.1) is 0 Å². The molecule has 1 N–H and O–H groups in total. The van der Waals surface area contributed by atoms with Gasteiger partial charge in [0.25, 0.3) is 11.6 Å². The Hall–Kier alpha value is -3.62. The lowest BCUT2D eigenvalue weighted by Crippen LogP contribution is -2.30. The molecule has 0 saturated carbocycles. The van der Waals surface area contributed by atoms with Gasteiger partial charge in [0.15, 0.2) is 17.6 Å². The van der Waals surface area contributed by atoms with Crippen molar-refractivity contribution < 1.29 is 28.7 Å². The Morgan fingerprint density at radius 3 is 2.50 bits per heavy atom. The van der Waals surface area contributed by atoms with Gasteiger partial charge in [-0.05, 0) is 44.5 Å². The summed E-state index contributed by atoms with van der Waals surface area (Å²) in [6, 6.07) is 10.3. The standard InChI is InChI=1S/C21H24N2O7/c1-4-12-29-18-11-10-15(13-19(18)28-5-2)21(25)30-14(3)20(24)22-16-8-6-7-9-17(16)23(26)27/h6-11,13-14H,4-5,12H2,1-3H3,(H,22,24)/t14-/m1/s1. The lowest BCUT2D eigenvalue weighted by Gasteiger charge is -2.15. The van der Waals surface area contributed by atoms with Gasteiger partial charge in [0.2, 0.25) is 0 Å². The van der Waals surface area contributed by atoms with Crippen molar-refractivity contribution in [1.29, 1.82) is 0 Å². The van der Waals surface area contributed by atoms with Crippen molar-refractivity contribution in [3.63, 3.8) is 0 Å². The number of carbonyl (C=O) groups is 2. The second-order valence-corrected chi connectivity index (χ2v) is 6.25.